The van der Waals surface area contributed by atoms with Crippen molar-refractivity contribution in [3.8, 4) is 0 Å². The fourth-order valence-electron chi connectivity index (χ4n) is 2.78. The van der Waals surface area contributed by atoms with Gasteiger partial charge in [0.2, 0.25) is 0 Å². The second-order valence-electron chi connectivity index (χ2n) is 5.74. The smallest absolute Gasteiger partial charge is 0.0320 e. The normalized spacial score (nSPS) is 12.3. The molecule has 21 heavy (non-hydrogen) atoms. The summed E-state index contributed by atoms with van der Waals surface area (Å²) < 4.78 is 0. The van der Waals surface area contributed by atoms with Crippen molar-refractivity contribution in [3.05, 3.63) is 71.3 Å². The van der Waals surface area contributed by atoms with Gasteiger partial charge in [0.1, 0.15) is 0 Å². The summed E-state index contributed by atoms with van der Waals surface area (Å²) in [5, 5.41) is 3.69. The molecule has 0 aliphatic carbocycles. The summed E-state index contributed by atoms with van der Waals surface area (Å²) in [5.41, 5.74) is 4.31. The molecule has 0 aromatic heterocycles. The Morgan fingerprint density at radius 1 is 0.952 bits per heavy atom. The predicted molar refractivity (Wildman–Crippen MR) is 91.6 cm³/mol. The van der Waals surface area contributed by atoms with E-state index < -0.39 is 0 Å². The predicted octanol–water partition coefficient (Wildman–Crippen LogP) is 5.06. The maximum atomic E-state index is 3.69. The molecule has 1 atom stereocenters. The van der Waals surface area contributed by atoms with Gasteiger partial charge < -0.3 is 5.32 Å². The Hall–Kier alpha value is -1.60. The van der Waals surface area contributed by atoms with Gasteiger partial charge in [-0.1, -0.05) is 61.5 Å². The third-order valence-electron chi connectivity index (χ3n) is 4.04. The zero-order valence-corrected chi connectivity index (χ0v) is 13.3. The minimum atomic E-state index is 0.482. The minimum Gasteiger partial charge on any atom is -0.310 e. The molecule has 2 rings (SSSR count). The number of rotatable bonds is 8. The summed E-state index contributed by atoms with van der Waals surface area (Å²) in [6.07, 6.45) is 4.77. The van der Waals surface area contributed by atoms with Crippen molar-refractivity contribution < 1.29 is 0 Å². The van der Waals surface area contributed by atoms with E-state index in [1.54, 1.807) is 0 Å². The first kappa shape index (κ1) is 15.8. The molecular formula is C20H27N. The van der Waals surface area contributed by atoms with E-state index in [9.17, 15) is 0 Å². The first-order valence-electron chi connectivity index (χ1n) is 8.14. The Morgan fingerprint density at radius 3 is 2.38 bits per heavy atom. The molecule has 2 aromatic carbocycles. The lowest BCUT2D eigenvalue weighted by Crippen LogP contribution is -2.22. The summed E-state index contributed by atoms with van der Waals surface area (Å²) >= 11 is 0. The molecule has 1 nitrogen and oxygen atoms in total. The SMILES string of the molecule is CCCNC(CCCc1ccccc1C)c1ccccc1. The highest BCUT2D eigenvalue weighted by Gasteiger charge is 2.10. The van der Waals surface area contributed by atoms with Gasteiger partial charge in [0.05, 0.1) is 0 Å². The average molecular weight is 281 g/mol. The molecular weight excluding hydrogens is 254 g/mol. The molecule has 112 valence electrons. The maximum Gasteiger partial charge on any atom is 0.0320 e. The molecule has 0 aliphatic rings. The van der Waals surface area contributed by atoms with Crippen LogP contribution in [0.2, 0.25) is 0 Å². The van der Waals surface area contributed by atoms with E-state index in [4.69, 9.17) is 0 Å². The molecule has 2 aromatic rings. The molecule has 0 amide bonds. The highest BCUT2D eigenvalue weighted by Crippen LogP contribution is 2.20. The lowest BCUT2D eigenvalue weighted by Gasteiger charge is -2.19. The molecule has 1 N–H and O–H groups in total. The van der Waals surface area contributed by atoms with E-state index in [0.29, 0.717) is 6.04 Å². The van der Waals surface area contributed by atoms with Gasteiger partial charge in [-0.05, 0) is 55.8 Å². The topological polar surface area (TPSA) is 12.0 Å². The quantitative estimate of drug-likeness (QED) is 0.713. The molecule has 0 spiro atoms. The Balaban J connectivity index is 1.92. The Morgan fingerprint density at radius 2 is 1.67 bits per heavy atom. The summed E-state index contributed by atoms with van der Waals surface area (Å²) in [5.74, 6) is 0. The van der Waals surface area contributed by atoms with Crippen molar-refractivity contribution in [3.63, 3.8) is 0 Å². The third kappa shape index (κ3) is 5.02. The van der Waals surface area contributed by atoms with Gasteiger partial charge >= 0.3 is 0 Å². The van der Waals surface area contributed by atoms with Crippen molar-refractivity contribution in [1.29, 1.82) is 0 Å². The van der Waals surface area contributed by atoms with Crippen molar-refractivity contribution in [2.24, 2.45) is 0 Å². The first-order valence-corrected chi connectivity index (χ1v) is 8.14. The number of hydrogen-bond acceptors (Lipinski definition) is 1. The van der Waals surface area contributed by atoms with Gasteiger partial charge in [-0.2, -0.15) is 0 Å². The molecule has 1 heteroatoms. The molecule has 0 radical (unpaired) electrons. The van der Waals surface area contributed by atoms with Gasteiger partial charge in [0.25, 0.3) is 0 Å². The van der Waals surface area contributed by atoms with Crippen LogP contribution in [0.25, 0.3) is 0 Å². The molecule has 1 unspecified atom stereocenters. The monoisotopic (exact) mass is 281 g/mol. The van der Waals surface area contributed by atoms with Crippen LogP contribution >= 0.6 is 0 Å². The summed E-state index contributed by atoms with van der Waals surface area (Å²) in [4.78, 5) is 0. The van der Waals surface area contributed by atoms with Gasteiger partial charge in [-0.25, -0.2) is 0 Å². The number of nitrogens with one attached hydrogen (secondary N) is 1. The minimum absolute atomic E-state index is 0.482. The van der Waals surface area contributed by atoms with Gasteiger partial charge in [0.15, 0.2) is 0 Å². The Labute approximate surface area is 129 Å². The van der Waals surface area contributed by atoms with E-state index in [1.807, 2.05) is 0 Å². The van der Waals surface area contributed by atoms with Gasteiger partial charge in [-0.15, -0.1) is 0 Å². The zero-order chi connectivity index (χ0) is 14.9. The van der Waals surface area contributed by atoms with Crippen LogP contribution in [0.1, 0.15) is 48.9 Å². The largest absolute Gasteiger partial charge is 0.310 e. The molecule has 0 bridgehead atoms. The summed E-state index contributed by atoms with van der Waals surface area (Å²) in [6.45, 7) is 5.52. The van der Waals surface area contributed by atoms with Crippen LogP contribution < -0.4 is 5.32 Å². The van der Waals surface area contributed by atoms with Crippen molar-refractivity contribution in [1.82, 2.24) is 5.32 Å². The van der Waals surface area contributed by atoms with Crippen molar-refractivity contribution in [2.45, 2.75) is 45.6 Å². The second-order valence-corrected chi connectivity index (χ2v) is 5.74. The first-order chi connectivity index (χ1) is 10.3. The van der Waals surface area contributed by atoms with Crippen molar-refractivity contribution in [2.75, 3.05) is 6.54 Å². The molecule has 0 saturated carbocycles. The molecule has 0 saturated heterocycles. The van der Waals surface area contributed by atoms with Crippen LogP contribution in [-0.2, 0) is 6.42 Å². The maximum absolute atomic E-state index is 3.69. The second kappa shape index (κ2) is 8.63. The van der Waals surface area contributed by atoms with E-state index in [1.165, 1.54) is 42.4 Å². The fraction of sp³-hybridized carbons (Fsp3) is 0.400. The van der Waals surface area contributed by atoms with Crippen LogP contribution in [0.4, 0.5) is 0 Å². The van der Waals surface area contributed by atoms with Crippen LogP contribution in [0.3, 0.4) is 0 Å². The van der Waals surface area contributed by atoms with E-state index in [2.05, 4.69) is 73.8 Å². The summed E-state index contributed by atoms with van der Waals surface area (Å²) in [6, 6.07) is 20.0. The average Bonchev–Trinajstić information content (AvgIpc) is 2.53. The highest BCUT2D eigenvalue weighted by molar-refractivity contribution is 5.25. The van der Waals surface area contributed by atoms with Crippen LogP contribution in [0.5, 0.6) is 0 Å². The Kier molecular flexibility index (Phi) is 6.49. The van der Waals surface area contributed by atoms with Crippen molar-refractivity contribution >= 4 is 0 Å². The Bertz CT molecular complexity index is 518. The molecule has 0 fully saturated rings. The summed E-state index contributed by atoms with van der Waals surface area (Å²) in [7, 11) is 0. The van der Waals surface area contributed by atoms with Crippen LogP contribution in [-0.4, -0.2) is 6.54 Å². The third-order valence-corrected chi connectivity index (χ3v) is 4.04. The van der Waals surface area contributed by atoms with Crippen LogP contribution in [0.15, 0.2) is 54.6 Å². The lowest BCUT2D eigenvalue weighted by molar-refractivity contribution is 0.484. The fourth-order valence-corrected chi connectivity index (χ4v) is 2.78. The van der Waals surface area contributed by atoms with Crippen LogP contribution in [0, 0.1) is 6.92 Å². The lowest BCUT2D eigenvalue weighted by atomic mass is 9.97. The van der Waals surface area contributed by atoms with E-state index in [0.717, 1.165) is 6.54 Å². The van der Waals surface area contributed by atoms with E-state index in [-0.39, 0.29) is 0 Å². The van der Waals surface area contributed by atoms with Gasteiger partial charge in [-0.3, -0.25) is 0 Å². The van der Waals surface area contributed by atoms with E-state index >= 15 is 0 Å². The highest BCUT2D eigenvalue weighted by atomic mass is 14.9. The molecule has 0 aliphatic heterocycles. The van der Waals surface area contributed by atoms with Gasteiger partial charge in [0, 0.05) is 6.04 Å². The standard InChI is InChI=1S/C20H27N/c1-3-16-21-20(19-12-5-4-6-13-19)15-9-14-18-11-8-7-10-17(18)2/h4-8,10-13,20-21H,3,9,14-16H2,1-2H3. The number of hydrogen-bond donors (Lipinski definition) is 1. The molecule has 0 heterocycles. The number of benzene rings is 2. The zero-order valence-electron chi connectivity index (χ0n) is 13.3. The number of aryl methyl sites for hydroxylation is 2.